The predicted octanol–water partition coefficient (Wildman–Crippen LogP) is 1.74. The molecule has 138 valence electrons. The van der Waals surface area contributed by atoms with Crippen LogP contribution in [0.3, 0.4) is 0 Å². The number of morpholine rings is 1. The van der Waals surface area contributed by atoms with Crippen molar-refractivity contribution in [3.05, 3.63) is 34.9 Å². The second-order valence-corrected chi connectivity index (χ2v) is 8.90. The van der Waals surface area contributed by atoms with E-state index in [2.05, 4.69) is 0 Å². The van der Waals surface area contributed by atoms with Crippen LogP contribution in [0.2, 0.25) is 5.02 Å². The number of piperidine rings is 1. The zero-order valence-electron chi connectivity index (χ0n) is 14.1. The first kappa shape index (κ1) is 18.6. The molecule has 6 nitrogen and oxygen atoms in total. The van der Waals surface area contributed by atoms with Gasteiger partial charge in [0.1, 0.15) is 0 Å². The van der Waals surface area contributed by atoms with Crippen molar-refractivity contribution >= 4 is 27.5 Å². The van der Waals surface area contributed by atoms with Gasteiger partial charge in [0.05, 0.1) is 19.0 Å². The number of amides is 1. The lowest BCUT2D eigenvalue weighted by Gasteiger charge is -2.35. The van der Waals surface area contributed by atoms with E-state index in [0.29, 0.717) is 62.8 Å². The van der Waals surface area contributed by atoms with Crippen LogP contribution < -0.4 is 0 Å². The highest BCUT2D eigenvalue weighted by molar-refractivity contribution is 7.88. The summed E-state index contributed by atoms with van der Waals surface area (Å²) in [5.74, 6) is -0.0127. The van der Waals surface area contributed by atoms with Crippen molar-refractivity contribution < 1.29 is 17.9 Å². The third-order valence-corrected chi connectivity index (χ3v) is 6.84. The van der Waals surface area contributed by atoms with Crippen LogP contribution in [0.4, 0.5) is 0 Å². The van der Waals surface area contributed by atoms with E-state index in [-0.39, 0.29) is 17.6 Å². The van der Waals surface area contributed by atoms with Gasteiger partial charge in [-0.2, -0.15) is 0 Å². The standard InChI is InChI=1S/C17H23ClN2O4S/c18-16-3-1-2-14(12-16)13-25(22,23)20-6-4-15(5-7-20)17(21)19-8-10-24-11-9-19/h1-3,12,15H,4-11,13H2. The summed E-state index contributed by atoms with van der Waals surface area (Å²) in [7, 11) is -3.40. The lowest BCUT2D eigenvalue weighted by atomic mass is 9.96. The lowest BCUT2D eigenvalue weighted by Crippen LogP contribution is -2.47. The smallest absolute Gasteiger partial charge is 0.225 e. The Hall–Kier alpha value is -1.15. The monoisotopic (exact) mass is 386 g/mol. The maximum absolute atomic E-state index is 12.6. The molecule has 0 radical (unpaired) electrons. The average molecular weight is 387 g/mol. The number of ether oxygens (including phenoxy) is 1. The highest BCUT2D eigenvalue weighted by Gasteiger charge is 2.33. The van der Waals surface area contributed by atoms with E-state index in [1.807, 2.05) is 4.90 Å². The van der Waals surface area contributed by atoms with Gasteiger partial charge in [-0.15, -0.1) is 0 Å². The first-order valence-corrected chi connectivity index (χ1v) is 10.5. The van der Waals surface area contributed by atoms with Crippen LogP contribution in [0.25, 0.3) is 0 Å². The van der Waals surface area contributed by atoms with Gasteiger partial charge in [0.15, 0.2) is 0 Å². The zero-order valence-corrected chi connectivity index (χ0v) is 15.6. The molecule has 1 amide bonds. The molecule has 1 aromatic rings. The third kappa shape index (κ3) is 4.73. The molecule has 3 rings (SSSR count). The second kappa shape index (κ2) is 8.03. The molecule has 0 spiro atoms. The van der Waals surface area contributed by atoms with Crippen molar-refractivity contribution in [1.29, 1.82) is 0 Å². The summed E-state index contributed by atoms with van der Waals surface area (Å²) in [6.45, 7) is 3.21. The lowest BCUT2D eigenvalue weighted by molar-refractivity contribution is -0.140. The number of carbonyl (C=O) groups is 1. The maximum atomic E-state index is 12.6. The Labute approximate surface area is 153 Å². The first-order valence-electron chi connectivity index (χ1n) is 8.54. The Morgan fingerprint density at radius 1 is 1.16 bits per heavy atom. The number of halogens is 1. The SMILES string of the molecule is O=C(C1CCN(S(=O)(=O)Cc2cccc(Cl)c2)CC1)N1CCOCC1. The molecule has 25 heavy (non-hydrogen) atoms. The molecule has 0 aromatic heterocycles. The predicted molar refractivity (Wildman–Crippen MR) is 95.8 cm³/mol. The molecule has 2 saturated heterocycles. The van der Waals surface area contributed by atoms with Crippen molar-refractivity contribution in [3.63, 3.8) is 0 Å². The Morgan fingerprint density at radius 2 is 1.84 bits per heavy atom. The molecule has 2 aliphatic heterocycles. The molecule has 1 aromatic carbocycles. The van der Waals surface area contributed by atoms with Gasteiger partial charge in [0.25, 0.3) is 0 Å². The normalized spacial score (nSPS) is 20.6. The van der Waals surface area contributed by atoms with Crippen LogP contribution in [-0.4, -0.2) is 62.9 Å². The summed E-state index contributed by atoms with van der Waals surface area (Å²) in [5.41, 5.74) is 0.680. The molecule has 0 aliphatic carbocycles. The van der Waals surface area contributed by atoms with Gasteiger partial charge in [0.2, 0.25) is 15.9 Å². The molecule has 2 heterocycles. The van der Waals surface area contributed by atoms with Crippen LogP contribution >= 0.6 is 11.6 Å². The van der Waals surface area contributed by atoms with Gasteiger partial charge in [-0.05, 0) is 30.5 Å². The van der Waals surface area contributed by atoms with E-state index < -0.39 is 10.0 Å². The minimum Gasteiger partial charge on any atom is -0.378 e. The second-order valence-electron chi connectivity index (χ2n) is 6.50. The third-order valence-electron chi connectivity index (χ3n) is 4.76. The minimum atomic E-state index is -3.40. The maximum Gasteiger partial charge on any atom is 0.225 e. The van der Waals surface area contributed by atoms with E-state index in [1.54, 1.807) is 24.3 Å². The fourth-order valence-corrected chi connectivity index (χ4v) is 5.11. The van der Waals surface area contributed by atoms with Gasteiger partial charge < -0.3 is 9.64 Å². The summed E-state index contributed by atoms with van der Waals surface area (Å²) >= 11 is 5.93. The molecule has 2 aliphatic rings. The Morgan fingerprint density at radius 3 is 2.48 bits per heavy atom. The van der Waals surface area contributed by atoms with E-state index in [9.17, 15) is 13.2 Å². The molecular weight excluding hydrogens is 364 g/mol. The zero-order chi connectivity index (χ0) is 17.9. The molecule has 0 bridgehead atoms. The van der Waals surface area contributed by atoms with E-state index in [0.717, 1.165) is 0 Å². The molecule has 0 N–H and O–H groups in total. The van der Waals surface area contributed by atoms with Crippen LogP contribution in [0.5, 0.6) is 0 Å². The Kier molecular flexibility index (Phi) is 5.99. The Bertz CT molecular complexity index is 711. The fraction of sp³-hybridized carbons (Fsp3) is 0.588. The van der Waals surface area contributed by atoms with Crippen LogP contribution in [-0.2, 0) is 25.3 Å². The number of hydrogen-bond donors (Lipinski definition) is 0. The molecular formula is C17H23ClN2O4S. The van der Waals surface area contributed by atoms with Crippen molar-refractivity contribution in [1.82, 2.24) is 9.21 Å². The molecule has 8 heteroatoms. The number of nitrogens with zero attached hydrogens (tertiary/aromatic N) is 2. The topological polar surface area (TPSA) is 66.9 Å². The number of sulfonamides is 1. The van der Waals surface area contributed by atoms with Gasteiger partial charge in [-0.25, -0.2) is 12.7 Å². The Balaban J connectivity index is 1.56. The summed E-state index contributed by atoms with van der Waals surface area (Å²) in [6.07, 6.45) is 1.15. The van der Waals surface area contributed by atoms with E-state index in [1.165, 1.54) is 4.31 Å². The molecule has 0 atom stereocenters. The van der Waals surface area contributed by atoms with Crippen LogP contribution in [0.15, 0.2) is 24.3 Å². The van der Waals surface area contributed by atoms with E-state index >= 15 is 0 Å². The summed E-state index contributed by atoms with van der Waals surface area (Å²) in [4.78, 5) is 14.4. The average Bonchev–Trinajstić information content (AvgIpc) is 2.61. The summed E-state index contributed by atoms with van der Waals surface area (Å²) < 4.78 is 32.0. The van der Waals surface area contributed by atoms with Crippen molar-refractivity contribution in [3.8, 4) is 0 Å². The van der Waals surface area contributed by atoms with Crippen molar-refractivity contribution in [2.75, 3.05) is 39.4 Å². The first-order chi connectivity index (χ1) is 12.0. The minimum absolute atomic E-state index is 0.0599. The van der Waals surface area contributed by atoms with Crippen LogP contribution in [0.1, 0.15) is 18.4 Å². The van der Waals surface area contributed by atoms with E-state index in [4.69, 9.17) is 16.3 Å². The highest BCUT2D eigenvalue weighted by Crippen LogP contribution is 2.24. The quantitative estimate of drug-likeness (QED) is 0.790. The van der Waals surface area contributed by atoms with Crippen molar-refractivity contribution in [2.45, 2.75) is 18.6 Å². The van der Waals surface area contributed by atoms with Gasteiger partial charge in [0, 0.05) is 37.1 Å². The number of carbonyl (C=O) groups excluding carboxylic acids is 1. The van der Waals surface area contributed by atoms with Gasteiger partial charge in [-0.3, -0.25) is 4.79 Å². The molecule has 0 saturated carbocycles. The van der Waals surface area contributed by atoms with Gasteiger partial charge >= 0.3 is 0 Å². The summed E-state index contributed by atoms with van der Waals surface area (Å²) in [6, 6.07) is 6.91. The van der Waals surface area contributed by atoms with Crippen molar-refractivity contribution in [2.24, 2.45) is 5.92 Å². The molecule has 2 fully saturated rings. The summed E-state index contributed by atoms with van der Waals surface area (Å²) in [5, 5.41) is 0.530. The largest absolute Gasteiger partial charge is 0.378 e. The number of benzene rings is 1. The fourth-order valence-electron chi connectivity index (χ4n) is 3.35. The van der Waals surface area contributed by atoms with Gasteiger partial charge in [-0.1, -0.05) is 23.7 Å². The number of rotatable bonds is 4. The van der Waals surface area contributed by atoms with Crippen LogP contribution in [0, 0.1) is 5.92 Å². The highest BCUT2D eigenvalue weighted by atomic mass is 35.5. The number of hydrogen-bond acceptors (Lipinski definition) is 4. The molecule has 0 unspecified atom stereocenters.